The molecule has 1 aliphatic rings. The molecule has 4 rings (SSSR count). The Hall–Kier alpha value is -3.28. The normalized spacial score (nSPS) is 14.1. The van der Waals surface area contributed by atoms with Crippen LogP contribution in [0.1, 0.15) is 18.4 Å². The second-order valence-corrected chi connectivity index (χ2v) is 7.20. The number of hydrogen-bond donors (Lipinski definition) is 0. The Balaban J connectivity index is 1.25. The fraction of sp³-hybridized carbons (Fsp3) is 0.304. The van der Waals surface area contributed by atoms with Gasteiger partial charge in [-0.05, 0) is 42.7 Å². The molecule has 1 fully saturated rings. The van der Waals surface area contributed by atoms with E-state index in [0.717, 1.165) is 56.2 Å². The molecule has 6 heteroatoms. The third kappa shape index (κ3) is 4.96. The number of rotatable bonds is 6. The van der Waals surface area contributed by atoms with Crippen LogP contribution in [0.2, 0.25) is 0 Å². The second kappa shape index (κ2) is 9.28. The molecule has 0 N–H and O–H groups in total. The standard InChI is InChI=1S/C23H25N5O/c29-23(11-6-9-19-7-2-1-3-8-19)28-17-15-27(16-18-28)22-13-12-21(25-26-22)20-10-4-5-14-24-20/h1-5,7-8,10,12-14H,6,9,11,15-18H2. The molecular formula is C23H25N5O. The number of carbonyl (C=O) groups is 1. The molecule has 29 heavy (non-hydrogen) atoms. The lowest BCUT2D eigenvalue weighted by atomic mass is 10.1. The summed E-state index contributed by atoms with van der Waals surface area (Å²) >= 11 is 0. The van der Waals surface area contributed by atoms with E-state index in [0.29, 0.717) is 6.42 Å². The highest BCUT2D eigenvalue weighted by Crippen LogP contribution is 2.18. The van der Waals surface area contributed by atoms with E-state index in [1.165, 1.54) is 5.56 Å². The number of pyridine rings is 1. The lowest BCUT2D eigenvalue weighted by molar-refractivity contribution is -0.131. The third-order valence-electron chi connectivity index (χ3n) is 5.23. The maximum absolute atomic E-state index is 12.5. The first-order valence-electron chi connectivity index (χ1n) is 10.1. The maximum atomic E-state index is 12.5. The Kier molecular flexibility index (Phi) is 6.10. The van der Waals surface area contributed by atoms with Crippen LogP contribution in [-0.2, 0) is 11.2 Å². The summed E-state index contributed by atoms with van der Waals surface area (Å²) in [6.07, 6.45) is 4.20. The van der Waals surface area contributed by atoms with E-state index >= 15 is 0 Å². The van der Waals surface area contributed by atoms with E-state index in [9.17, 15) is 4.79 Å². The number of aryl methyl sites for hydroxylation is 1. The quantitative estimate of drug-likeness (QED) is 0.650. The zero-order valence-electron chi connectivity index (χ0n) is 16.4. The van der Waals surface area contributed by atoms with Gasteiger partial charge in [-0.15, -0.1) is 10.2 Å². The Morgan fingerprint density at radius 1 is 0.828 bits per heavy atom. The van der Waals surface area contributed by atoms with Crippen LogP contribution in [0.4, 0.5) is 5.82 Å². The minimum absolute atomic E-state index is 0.247. The minimum Gasteiger partial charge on any atom is -0.352 e. The average molecular weight is 387 g/mol. The van der Waals surface area contributed by atoms with E-state index in [2.05, 4.69) is 32.2 Å². The van der Waals surface area contributed by atoms with Crippen molar-refractivity contribution in [3.63, 3.8) is 0 Å². The topological polar surface area (TPSA) is 62.2 Å². The van der Waals surface area contributed by atoms with Crippen LogP contribution in [0.5, 0.6) is 0 Å². The van der Waals surface area contributed by atoms with E-state index in [1.807, 2.05) is 53.4 Å². The predicted molar refractivity (Wildman–Crippen MR) is 113 cm³/mol. The Bertz CT molecular complexity index is 907. The molecule has 0 saturated carbocycles. The van der Waals surface area contributed by atoms with Crippen molar-refractivity contribution in [3.8, 4) is 11.4 Å². The van der Waals surface area contributed by atoms with Gasteiger partial charge in [0.15, 0.2) is 5.82 Å². The fourth-order valence-corrected chi connectivity index (χ4v) is 3.58. The summed E-state index contributed by atoms with van der Waals surface area (Å²) in [6, 6.07) is 20.0. The molecule has 1 amide bonds. The van der Waals surface area contributed by atoms with Crippen LogP contribution in [0.3, 0.4) is 0 Å². The molecule has 1 saturated heterocycles. The Morgan fingerprint density at radius 2 is 1.62 bits per heavy atom. The van der Waals surface area contributed by atoms with Crippen molar-refractivity contribution in [3.05, 3.63) is 72.4 Å². The summed E-state index contributed by atoms with van der Waals surface area (Å²) in [7, 11) is 0. The molecule has 6 nitrogen and oxygen atoms in total. The van der Waals surface area contributed by atoms with E-state index in [1.54, 1.807) is 6.20 Å². The van der Waals surface area contributed by atoms with Crippen LogP contribution < -0.4 is 4.90 Å². The highest BCUT2D eigenvalue weighted by atomic mass is 16.2. The number of carbonyl (C=O) groups excluding carboxylic acids is 1. The largest absolute Gasteiger partial charge is 0.352 e. The van der Waals surface area contributed by atoms with Gasteiger partial charge in [-0.25, -0.2) is 0 Å². The minimum atomic E-state index is 0.247. The van der Waals surface area contributed by atoms with Crippen molar-refractivity contribution >= 4 is 11.7 Å². The molecule has 3 aromatic rings. The van der Waals surface area contributed by atoms with Gasteiger partial charge >= 0.3 is 0 Å². The smallest absolute Gasteiger partial charge is 0.222 e. The molecular weight excluding hydrogens is 362 g/mol. The lowest BCUT2D eigenvalue weighted by Gasteiger charge is -2.35. The number of benzene rings is 1. The molecule has 3 heterocycles. The van der Waals surface area contributed by atoms with Gasteiger partial charge in [0.2, 0.25) is 5.91 Å². The first-order valence-corrected chi connectivity index (χ1v) is 10.1. The number of nitrogens with zero attached hydrogens (tertiary/aromatic N) is 5. The van der Waals surface area contributed by atoms with Gasteiger partial charge in [-0.3, -0.25) is 9.78 Å². The third-order valence-corrected chi connectivity index (χ3v) is 5.23. The van der Waals surface area contributed by atoms with Gasteiger partial charge in [0.25, 0.3) is 0 Å². The van der Waals surface area contributed by atoms with Crippen molar-refractivity contribution in [1.29, 1.82) is 0 Å². The van der Waals surface area contributed by atoms with Crippen molar-refractivity contribution in [2.75, 3.05) is 31.1 Å². The molecule has 2 aromatic heterocycles. The summed E-state index contributed by atoms with van der Waals surface area (Å²) in [5.74, 6) is 1.10. The molecule has 0 atom stereocenters. The molecule has 0 unspecified atom stereocenters. The molecule has 0 aliphatic carbocycles. The van der Waals surface area contributed by atoms with Crippen LogP contribution in [0.15, 0.2) is 66.9 Å². The number of anilines is 1. The average Bonchev–Trinajstić information content (AvgIpc) is 2.80. The first-order chi connectivity index (χ1) is 14.3. The van der Waals surface area contributed by atoms with Gasteiger partial charge in [0, 0.05) is 38.8 Å². The molecule has 1 aromatic carbocycles. The Labute approximate surface area is 171 Å². The van der Waals surface area contributed by atoms with Crippen LogP contribution in [-0.4, -0.2) is 52.2 Å². The highest BCUT2D eigenvalue weighted by molar-refractivity contribution is 5.76. The number of piperazine rings is 1. The summed E-state index contributed by atoms with van der Waals surface area (Å²) in [4.78, 5) is 21.0. The van der Waals surface area contributed by atoms with Crippen LogP contribution in [0.25, 0.3) is 11.4 Å². The monoisotopic (exact) mass is 387 g/mol. The number of amides is 1. The van der Waals surface area contributed by atoms with Crippen molar-refractivity contribution in [1.82, 2.24) is 20.1 Å². The molecule has 0 radical (unpaired) electrons. The number of aromatic nitrogens is 3. The zero-order valence-corrected chi connectivity index (χ0v) is 16.4. The Morgan fingerprint density at radius 3 is 2.31 bits per heavy atom. The lowest BCUT2D eigenvalue weighted by Crippen LogP contribution is -2.49. The summed E-state index contributed by atoms with van der Waals surface area (Å²) in [5, 5.41) is 8.68. The van der Waals surface area contributed by atoms with E-state index in [4.69, 9.17) is 0 Å². The van der Waals surface area contributed by atoms with Gasteiger partial charge in [0.05, 0.1) is 5.69 Å². The van der Waals surface area contributed by atoms with Crippen molar-refractivity contribution in [2.24, 2.45) is 0 Å². The fourth-order valence-electron chi connectivity index (χ4n) is 3.58. The van der Waals surface area contributed by atoms with Gasteiger partial charge < -0.3 is 9.80 Å². The number of hydrogen-bond acceptors (Lipinski definition) is 5. The predicted octanol–water partition coefficient (Wildman–Crippen LogP) is 3.21. The van der Waals surface area contributed by atoms with Crippen LogP contribution >= 0.6 is 0 Å². The second-order valence-electron chi connectivity index (χ2n) is 7.20. The van der Waals surface area contributed by atoms with Crippen molar-refractivity contribution < 1.29 is 4.79 Å². The van der Waals surface area contributed by atoms with Gasteiger partial charge in [0.1, 0.15) is 5.69 Å². The van der Waals surface area contributed by atoms with E-state index < -0.39 is 0 Å². The summed E-state index contributed by atoms with van der Waals surface area (Å²) in [6.45, 7) is 3.02. The maximum Gasteiger partial charge on any atom is 0.222 e. The summed E-state index contributed by atoms with van der Waals surface area (Å²) in [5.41, 5.74) is 2.87. The summed E-state index contributed by atoms with van der Waals surface area (Å²) < 4.78 is 0. The molecule has 0 bridgehead atoms. The highest BCUT2D eigenvalue weighted by Gasteiger charge is 2.21. The molecule has 1 aliphatic heterocycles. The van der Waals surface area contributed by atoms with Gasteiger partial charge in [-0.2, -0.15) is 0 Å². The van der Waals surface area contributed by atoms with E-state index in [-0.39, 0.29) is 5.91 Å². The van der Waals surface area contributed by atoms with Gasteiger partial charge in [-0.1, -0.05) is 36.4 Å². The SMILES string of the molecule is O=C(CCCc1ccccc1)N1CCN(c2ccc(-c3ccccn3)nn2)CC1. The first kappa shape index (κ1) is 19.1. The van der Waals surface area contributed by atoms with Crippen LogP contribution in [0, 0.1) is 0 Å². The molecule has 148 valence electrons. The van der Waals surface area contributed by atoms with Crippen molar-refractivity contribution in [2.45, 2.75) is 19.3 Å². The molecule has 0 spiro atoms. The zero-order chi connectivity index (χ0) is 19.9.